The highest BCUT2D eigenvalue weighted by molar-refractivity contribution is 5.15. The smallest absolute Gasteiger partial charge is 0.0893 e. The van der Waals surface area contributed by atoms with E-state index < -0.39 is 0 Å². The van der Waals surface area contributed by atoms with Gasteiger partial charge in [-0.25, -0.2) is 0 Å². The summed E-state index contributed by atoms with van der Waals surface area (Å²) in [6.07, 6.45) is 13.6. The number of likely N-dealkylation sites (N-methyl/N-ethyl adjacent to an activating group) is 1. The van der Waals surface area contributed by atoms with Crippen molar-refractivity contribution in [2.75, 3.05) is 26.2 Å². The van der Waals surface area contributed by atoms with Crippen LogP contribution in [-0.4, -0.2) is 49.3 Å². The van der Waals surface area contributed by atoms with Crippen LogP contribution in [0.25, 0.3) is 0 Å². The molecule has 21 heavy (non-hydrogen) atoms. The number of nitrogens with zero attached hydrogens (tertiary/aromatic N) is 1. The number of hydrogen-bond donors (Lipinski definition) is 1. The third-order valence-electron chi connectivity index (χ3n) is 5.44. The van der Waals surface area contributed by atoms with Crippen LogP contribution in [-0.2, 0) is 4.74 Å². The molecule has 3 heteroatoms. The van der Waals surface area contributed by atoms with Gasteiger partial charge in [-0.2, -0.15) is 0 Å². The van der Waals surface area contributed by atoms with E-state index in [0.29, 0.717) is 18.2 Å². The second kappa shape index (κ2) is 7.75. The van der Waals surface area contributed by atoms with Gasteiger partial charge < -0.3 is 10.1 Å². The molecule has 0 aromatic heterocycles. The van der Waals surface area contributed by atoms with Gasteiger partial charge in [0.05, 0.1) is 18.8 Å². The summed E-state index contributed by atoms with van der Waals surface area (Å²) < 4.78 is 6.29. The summed E-state index contributed by atoms with van der Waals surface area (Å²) in [5.74, 6) is 0. The monoisotopic (exact) mass is 292 g/mol. The van der Waals surface area contributed by atoms with Crippen molar-refractivity contribution in [3.8, 4) is 0 Å². The summed E-state index contributed by atoms with van der Waals surface area (Å²) in [4.78, 5) is 2.67. The minimum absolute atomic E-state index is 0.352. The zero-order valence-corrected chi connectivity index (χ0v) is 13.7. The molecule has 1 aliphatic carbocycles. The molecule has 3 nitrogen and oxygen atoms in total. The Kier molecular flexibility index (Phi) is 5.73. The van der Waals surface area contributed by atoms with Gasteiger partial charge >= 0.3 is 0 Å². The molecule has 3 atom stereocenters. The van der Waals surface area contributed by atoms with Crippen molar-refractivity contribution < 1.29 is 4.74 Å². The largest absolute Gasteiger partial charge is 0.373 e. The molecule has 3 unspecified atom stereocenters. The second-order valence-electron chi connectivity index (χ2n) is 6.93. The van der Waals surface area contributed by atoms with Crippen LogP contribution in [0.3, 0.4) is 0 Å². The summed E-state index contributed by atoms with van der Waals surface area (Å²) in [6.45, 7) is 6.60. The highest BCUT2D eigenvalue weighted by Crippen LogP contribution is 2.28. The van der Waals surface area contributed by atoms with Crippen LogP contribution in [0, 0.1) is 0 Å². The lowest BCUT2D eigenvalue weighted by Gasteiger charge is -2.40. The lowest BCUT2D eigenvalue weighted by Crippen LogP contribution is -2.54. The average Bonchev–Trinajstić information content (AvgIpc) is 2.92. The summed E-state index contributed by atoms with van der Waals surface area (Å²) >= 11 is 0. The van der Waals surface area contributed by atoms with Gasteiger partial charge in [-0.1, -0.05) is 31.4 Å². The van der Waals surface area contributed by atoms with Crippen molar-refractivity contribution in [2.45, 2.75) is 76.5 Å². The van der Waals surface area contributed by atoms with Crippen molar-refractivity contribution in [1.82, 2.24) is 10.2 Å². The van der Waals surface area contributed by atoms with Crippen molar-refractivity contribution in [2.24, 2.45) is 0 Å². The highest BCUT2D eigenvalue weighted by atomic mass is 16.5. The fourth-order valence-electron chi connectivity index (χ4n) is 4.26. The van der Waals surface area contributed by atoms with Crippen LogP contribution < -0.4 is 5.32 Å². The molecule has 1 N–H and O–H groups in total. The number of morpholine rings is 1. The number of ether oxygens (including phenoxy) is 1. The lowest BCUT2D eigenvalue weighted by molar-refractivity contribution is -0.0594. The molecule has 0 amide bonds. The minimum atomic E-state index is 0.352. The van der Waals surface area contributed by atoms with E-state index in [1.54, 1.807) is 5.57 Å². The maximum absolute atomic E-state index is 6.29. The van der Waals surface area contributed by atoms with E-state index in [0.717, 1.165) is 19.7 Å². The molecule has 0 aromatic carbocycles. The molecule has 2 heterocycles. The van der Waals surface area contributed by atoms with Gasteiger partial charge in [0.15, 0.2) is 0 Å². The Balaban J connectivity index is 1.67. The molecule has 2 fully saturated rings. The van der Waals surface area contributed by atoms with Crippen LogP contribution in [0.5, 0.6) is 0 Å². The SMILES string of the molecule is CCNC(C1=CCCCCCC1)C1CN2CCCC2CO1. The Labute approximate surface area is 130 Å². The molecule has 3 aliphatic rings. The average molecular weight is 292 g/mol. The second-order valence-corrected chi connectivity index (χ2v) is 6.93. The molecule has 0 saturated carbocycles. The molecular weight excluding hydrogens is 260 g/mol. The summed E-state index contributed by atoms with van der Waals surface area (Å²) in [5, 5.41) is 3.73. The first-order valence-electron chi connectivity index (χ1n) is 9.16. The lowest BCUT2D eigenvalue weighted by atomic mass is 9.91. The molecule has 0 bridgehead atoms. The predicted molar refractivity (Wildman–Crippen MR) is 87.6 cm³/mol. The zero-order valence-electron chi connectivity index (χ0n) is 13.7. The van der Waals surface area contributed by atoms with Crippen LogP contribution >= 0.6 is 0 Å². The van der Waals surface area contributed by atoms with Gasteiger partial charge in [0.2, 0.25) is 0 Å². The van der Waals surface area contributed by atoms with Gasteiger partial charge in [-0.3, -0.25) is 4.90 Å². The summed E-state index contributed by atoms with van der Waals surface area (Å²) in [5.41, 5.74) is 1.62. The van der Waals surface area contributed by atoms with Gasteiger partial charge in [0.25, 0.3) is 0 Å². The van der Waals surface area contributed by atoms with E-state index in [2.05, 4.69) is 23.2 Å². The van der Waals surface area contributed by atoms with Crippen molar-refractivity contribution in [3.05, 3.63) is 11.6 Å². The minimum Gasteiger partial charge on any atom is -0.373 e. The maximum atomic E-state index is 6.29. The molecule has 2 saturated heterocycles. The Hall–Kier alpha value is -0.380. The van der Waals surface area contributed by atoms with Gasteiger partial charge in [-0.15, -0.1) is 0 Å². The molecule has 2 aliphatic heterocycles. The van der Waals surface area contributed by atoms with E-state index in [9.17, 15) is 0 Å². The van der Waals surface area contributed by atoms with Gasteiger partial charge in [0.1, 0.15) is 0 Å². The third-order valence-corrected chi connectivity index (χ3v) is 5.44. The van der Waals surface area contributed by atoms with Crippen molar-refractivity contribution in [1.29, 1.82) is 0 Å². The fourth-order valence-corrected chi connectivity index (χ4v) is 4.26. The maximum Gasteiger partial charge on any atom is 0.0893 e. The first-order valence-corrected chi connectivity index (χ1v) is 9.16. The normalized spacial score (nSPS) is 32.9. The van der Waals surface area contributed by atoms with Gasteiger partial charge in [-0.05, 0) is 51.6 Å². The van der Waals surface area contributed by atoms with Crippen LogP contribution in [0.1, 0.15) is 58.3 Å². The van der Waals surface area contributed by atoms with E-state index in [4.69, 9.17) is 4.74 Å². The summed E-state index contributed by atoms with van der Waals surface area (Å²) in [7, 11) is 0. The van der Waals surface area contributed by atoms with Crippen LogP contribution in [0.4, 0.5) is 0 Å². The Bertz CT molecular complexity index is 355. The van der Waals surface area contributed by atoms with Crippen LogP contribution in [0.15, 0.2) is 11.6 Å². The molecule has 3 rings (SSSR count). The van der Waals surface area contributed by atoms with Crippen molar-refractivity contribution in [3.63, 3.8) is 0 Å². The molecule has 120 valence electrons. The number of fused-ring (bicyclic) bond motifs is 1. The molecular formula is C18H32N2O. The Morgan fingerprint density at radius 3 is 3.10 bits per heavy atom. The first kappa shape index (κ1) is 15.5. The molecule has 0 spiro atoms. The topological polar surface area (TPSA) is 24.5 Å². The summed E-state index contributed by atoms with van der Waals surface area (Å²) in [6, 6.07) is 1.14. The zero-order chi connectivity index (χ0) is 14.5. The number of rotatable bonds is 4. The van der Waals surface area contributed by atoms with E-state index in [1.165, 1.54) is 57.9 Å². The number of allylic oxidation sites excluding steroid dienone is 1. The van der Waals surface area contributed by atoms with Crippen LogP contribution in [0.2, 0.25) is 0 Å². The Morgan fingerprint density at radius 2 is 2.19 bits per heavy atom. The van der Waals surface area contributed by atoms with E-state index in [-0.39, 0.29) is 0 Å². The van der Waals surface area contributed by atoms with Gasteiger partial charge in [0, 0.05) is 12.6 Å². The number of hydrogen-bond acceptors (Lipinski definition) is 3. The standard InChI is InChI=1S/C18H32N2O/c1-2-19-18(15-9-6-4-3-5-7-10-15)17-13-20-12-8-11-16(20)14-21-17/h9,16-19H,2-8,10-14H2,1H3. The Morgan fingerprint density at radius 1 is 1.29 bits per heavy atom. The van der Waals surface area contributed by atoms with Crippen molar-refractivity contribution >= 4 is 0 Å². The third kappa shape index (κ3) is 3.88. The highest BCUT2D eigenvalue weighted by Gasteiger charge is 2.36. The van der Waals surface area contributed by atoms with E-state index >= 15 is 0 Å². The molecule has 0 aromatic rings. The quantitative estimate of drug-likeness (QED) is 0.806. The first-order chi connectivity index (χ1) is 10.4. The molecule has 0 radical (unpaired) electrons. The number of nitrogens with one attached hydrogen (secondary N) is 1. The van der Waals surface area contributed by atoms with E-state index in [1.807, 2.05) is 0 Å². The fraction of sp³-hybridized carbons (Fsp3) is 0.889. The predicted octanol–water partition coefficient (Wildman–Crippen LogP) is 3.11.